The van der Waals surface area contributed by atoms with E-state index in [1.165, 1.54) is 6.07 Å². The number of piperazine rings is 1. The summed E-state index contributed by atoms with van der Waals surface area (Å²) in [5, 5.41) is 11.8. The van der Waals surface area contributed by atoms with Gasteiger partial charge in [-0.25, -0.2) is 13.8 Å². The lowest BCUT2D eigenvalue weighted by Crippen LogP contribution is -2.51. The van der Waals surface area contributed by atoms with Crippen molar-refractivity contribution in [3.63, 3.8) is 0 Å². The zero-order chi connectivity index (χ0) is 13.8. The van der Waals surface area contributed by atoms with Gasteiger partial charge in [0.2, 0.25) is 0 Å². The van der Waals surface area contributed by atoms with Gasteiger partial charge in [-0.05, 0) is 19.2 Å². The lowest BCUT2D eigenvalue weighted by molar-refractivity contribution is 0.0721. The molecule has 1 aliphatic heterocycles. The van der Waals surface area contributed by atoms with E-state index in [2.05, 4.69) is 10.3 Å². The number of aliphatic hydroxyl groups excluding tert-OH is 1. The first-order valence-electron chi connectivity index (χ1n) is 6.37. The van der Waals surface area contributed by atoms with E-state index >= 15 is 0 Å². The smallest absolute Gasteiger partial charge is 0.131 e. The monoisotopic (exact) mass is 271 g/mol. The number of benzene rings is 1. The second-order valence-electron chi connectivity index (χ2n) is 4.80. The predicted octanol–water partition coefficient (Wildman–Crippen LogP) is 0.750. The third-order valence-corrected chi connectivity index (χ3v) is 3.34. The largest absolute Gasteiger partial charge is 0.387 e. The van der Waals surface area contributed by atoms with E-state index in [4.69, 9.17) is 0 Å². The number of nitrogens with zero attached hydrogens (tertiary/aromatic N) is 2. The Labute approximate surface area is 111 Å². The first-order valence-corrected chi connectivity index (χ1v) is 6.37. The molecule has 1 fully saturated rings. The minimum absolute atomic E-state index is 0.0988. The molecule has 4 nitrogen and oxygen atoms in total. The Bertz CT molecular complexity index is 402. The van der Waals surface area contributed by atoms with Crippen LogP contribution in [0.3, 0.4) is 0 Å². The van der Waals surface area contributed by atoms with E-state index in [1.54, 1.807) is 0 Å². The fourth-order valence-corrected chi connectivity index (χ4v) is 2.11. The molecule has 1 aromatic carbocycles. The molecule has 1 aliphatic rings. The first kappa shape index (κ1) is 14.3. The molecule has 2 N–H and O–H groups in total. The van der Waals surface area contributed by atoms with Crippen LogP contribution in [0.2, 0.25) is 0 Å². The summed E-state index contributed by atoms with van der Waals surface area (Å²) in [5.74, 6) is -1.43. The van der Waals surface area contributed by atoms with Crippen molar-refractivity contribution in [2.45, 2.75) is 6.10 Å². The molecular weight excluding hydrogens is 252 g/mol. The average molecular weight is 271 g/mol. The summed E-state index contributed by atoms with van der Waals surface area (Å²) < 4.78 is 26.9. The Hall–Kier alpha value is -1.08. The van der Waals surface area contributed by atoms with Crippen LogP contribution in [0.15, 0.2) is 18.2 Å². The van der Waals surface area contributed by atoms with Gasteiger partial charge in [-0.2, -0.15) is 0 Å². The van der Waals surface area contributed by atoms with Gasteiger partial charge in [0.05, 0.1) is 11.7 Å². The maximum absolute atomic E-state index is 13.5. The summed E-state index contributed by atoms with van der Waals surface area (Å²) in [7, 11) is 2.04. The normalized spacial score (nSPS) is 19.6. The van der Waals surface area contributed by atoms with Crippen molar-refractivity contribution >= 4 is 0 Å². The van der Waals surface area contributed by atoms with E-state index in [1.807, 2.05) is 12.1 Å². The van der Waals surface area contributed by atoms with Crippen LogP contribution in [0.4, 0.5) is 8.78 Å². The van der Waals surface area contributed by atoms with E-state index < -0.39 is 17.7 Å². The van der Waals surface area contributed by atoms with Crippen LogP contribution in [0, 0.1) is 11.6 Å². The molecule has 6 heteroatoms. The summed E-state index contributed by atoms with van der Waals surface area (Å²) in [4.78, 5) is 2.20. The van der Waals surface area contributed by atoms with Gasteiger partial charge < -0.3 is 10.0 Å². The molecule has 0 spiro atoms. The molecule has 1 atom stereocenters. The number of hydrogen-bond acceptors (Lipinski definition) is 4. The van der Waals surface area contributed by atoms with Gasteiger partial charge in [-0.3, -0.25) is 5.43 Å². The summed E-state index contributed by atoms with van der Waals surface area (Å²) in [6.45, 7) is 3.60. The van der Waals surface area contributed by atoms with E-state index in [9.17, 15) is 13.9 Å². The highest BCUT2D eigenvalue weighted by molar-refractivity contribution is 5.22. The topological polar surface area (TPSA) is 38.7 Å². The Kier molecular flexibility index (Phi) is 4.81. The van der Waals surface area contributed by atoms with Crippen molar-refractivity contribution in [2.24, 2.45) is 0 Å². The number of rotatable bonds is 4. The number of hydrazine groups is 1. The van der Waals surface area contributed by atoms with Crippen LogP contribution >= 0.6 is 0 Å². The zero-order valence-corrected chi connectivity index (χ0v) is 10.9. The van der Waals surface area contributed by atoms with Crippen LogP contribution in [0.1, 0.15) is 11.7 Å². The van der Waals surface area contributed by atoms with Crippen molar-refractivity contribution in [3.05, 3.63) is 35.4 Å². The van der Waals surface area contributed by atoms with Crippen molar-refractivity contribution in [2.75, 3.05) is 39.8 Å². The van der Waals surface area contributed by atoms with Gasteiger partial charge >= 0.3 is 0 Å². The number of halogens is 2. The molecule has 0 aromatic heterocycles. The second-order valence-corrected chi connectivity index (χ2v) is 4.80. The molecule has 1 unspecified atom stereocenters. The highest BCUT2D eigenvalue weighted by Gasteiger charge is 2.19. The predicted molar refractivity (Wildman–Crippen MR) is 68.4 cm³/mol. The number of aliphatic hydroxyl groups is 1. The van der Waals surface area contributed by atoms with Gasteiger partial charge in [0.15, 0.2) is 0 Å². The molecule has 0 saturated carbocycles. The van der Waals surface area contributed by atoms with Gasteiger partial charge in [-0.1, -0.05) is 6.07 Å². The minimum Gasteiger partial charge on any atom is -0.387 e. The van der Waals surface area contributed by atoms with Gasteiger partial charge in [0, 0.05) is 32.7 Å². The summed E-state index contributed by atoms with van der Waals surface area (Å²) in [6.07, 6.45) is -1.19. The Balaban J connectivity index is 1.89. The maximum Gasteiger partial charge on any atom is 0.131 e. The van der Waals surface area contributed by atoms with Crippen molar-refractivity contribution in [3.8, 4) is 0 Å². The van der Waals surface area contributed by atoms with Gasteiger partial charge in [0.25, 0.3) is 0 Å². The molecule has 0 radical (unpaired) electrons. The standard InChI is InChI=1S/C13H19F2N3O/c1-17-5-7-18(8-6-17)16-9-12(19)13-10(14)3-2-4-11(13)15/h2-4,12,16,19H,5-9H2,1H3. The molecule has 0 aliphatic carbocycles. The number of hydrogen-bond donors (Lipinski definition) is 2. The fraction of sp³-hybridized carbons (Fsp3) is 0.538. The SMILES string of the molecule is CN1CCN(NCC(O)c2c(F)cccc2F)CC1. The lowest BCUT2D eigenvalue weighted by atomic mass is 10.1. The maximum atomic E-state index is 13.5. The average Bonchev–Trinajstić information content (AvgIpc) is 2.38. The third kappa shape index (κ3) is 3.70. The van der Waals surface area contributed by atoms with Crippen molar-refractivity contribution in [1.82, 2.24) is 15.3 Å². The molecule has 1 aromatic rings. The molecule has 2 rings (SSSR count). The quantitative estimate of drug-likeness (QED) is 0.847. The van der Waals surface area contributed by atoms with E-state index in [0.717, 1.165) is 38.3 Å². The first-order chi connectivity index (χ1) is 9.08. The highest BCUT2D eigenvalue weighted by atomic mass is 19.1. The fourth-order valence-electron chi connectivity index (χ4n) is 2.11. The van der Waals surface area contributed by atoms with Gasteiger partial charge in [0.1, 0.15) is 11.6 Å². The number of likely N-dealkylation sites (N-methyl/N-ethyl adjacent to an activating group) is 1. The Morgan fingerprint density at radius 3 is 2.37 bits per heavy atom. The van der Waals surface area contributed by atoms with Crippen LogP contribution in [-0.2, 0) is 0 Å². The van der Waals surface area contributed by atoms with Crippen LogP contribution in [-0.4, -0.2) is 54.8 Å². The molecule has 1 heterocycles. The van der Waals surface area contributed by atoms with Crippen molar-refractivity contribution < 1.29 is 13.9 Å². The summed E-state index contributed by atoms with van der Waals surface area (Å²) in [6, 6.07) is 3.59. The Morgan fingerprint density at radius 1 is 1.21 bits per heavy atom. The third-order valence-electron chi connectivity index (χ3n) is 3.34. The molecule has 106 valence electrons. The van der Waals surface area contributed by atoms with Crippen LogP contribution < -0.4 is 5.43 Å². The Morgan fingerprint density at radius 2 is 1.79 bits per heavy atom. The van der Waals surface area contributed by atoms with Crippen molar-refractivity contribution in [1.29, 1.82) is 0 Å². The summed E-state index contributed by atoms with van der Waals surface area (Å²) >= 11 is 0. The minimum atomic E-state index is -1.19. The zero-order valence-electron chi connectivity index (χ0n) is 10.9. The summed E-state index contributed by atoms with van der Waals surface area (Å²) in [5.41, 5.74) is 2.74. The highest BCUT2D eigenvalue weighted by Crippen LogP contribution is 2.20. The number of nitrogens with one attached hydrogen (secondary N) is 1. The molecular formula is C13H19F2N3O. The van der Waals surface area contributed by atoms with Crippen LogP contribution in [0.5, 0.6) is 0 Å². The van der Waals surface area contributed by atoms with E-state index in [-0.39, 0.29) is 12.1 Å². The second kappa shape index (κ2) is 6.38. The molecule has 0 amide bonds. The molecule has 1 saturated heterocycles. The molecule has 0 bridgehead atoms. The van der Waals surface area contributed by atoms with Gasteiger partial charge in [-0.15, -0.1) is 0 Å². The van der Waals surface area contributed by atoms with E-state index in [0.29, 0.717) is 0 Å². The van der Waals surface area contributed by atoms with Crippen LogP contribution in [0.25, 0.3) is 0 Å². The molecule has 19 heavy (non-hydrogen) atoms. The lowest BCUT2D eigenvalue weighted by Gasteiger charge is -2.33.